The van der Waals surface area contributed by atoms with Gasteiger partial charge in [0.2, 0.25) is 5.88 Å². The van der Waals surface area contributed by atoms with Crippen LogP contribution >= 0.6 is 0 Å². The van der Waals surface area contributed by atoms with E-state index in [-0.39, 0.29) is 11.1 Å². The van der Waals surface area contributed by atoms with Crippen LogP contribution in [0.15, 0.2) is 42.6 Å². The maximum atomic E-state index is 12.6. The van der Waals surface area contributed by atoms with E-state index in [1.54, 1.807) is 0 Å². The monoisotopic (exact) mass is 289 g/mol. The highest BCUT2D eigenvalue weighted by Gasteiger charge is 2.30. The zero-order chi connectivity index (χ0) is 14.8. The molecule has 0 bridgehead atoms. The Bertz CT molecular complexity index is 597. The van der Waals surface area contributed by atoms with Crippen molar-refractivity contribution in [2.75, 3.05) is 0 Å². The molecule has 0 aliphatic rings. The molecular weight excluding hydrogens is 281 g/mol. The Morgan fingerprint density at radius 2 is 1.80 bits per heavy atom. The first kappa shape index (κ1) is 14.2. The first-order chi connectivity index (χ1) is 9.38. The van der Waals surface area contributed by atoms with E-state index in [0.29, 0.717) is 0 Å². The van der Waals surface area contributed by atoms with Crippen molar-refractivity contribution in [1.82, 2.24) is 4.98 Å². The molecule has 0 unspecified atom stereocenters. The molecule has 0 saturated carbocycles. The molecule has 0 aliphatic carbocycles. The van der Waals surface area contributed by atoms with Crippen molar-refractivity contribution in [3.8, 4) is 17.0 Å². The Hall–Kier alpha value is -2.18. The maximum Gasteiger partial charge on any atom is 0.416 e. The lowest BCUT2D eigenvalue weighted by molar-refractivity contribution is -0.137. The number of halogens is 5. The molecule has 0 radical (unpaired) electrons. The summed E-state index contributed by atoms with van der Waals surface area (Å²) in [5.74, 6) is -0.415. The Morgan fingerprint density at radius 3 is 2.45 bits per heavy atom. The number of nitrogens with zero attached hydrogens (tertiary/aromatic N) is 1. The van der Waals surface area contributed by atoms with Crippen molar-refractivity contribution in [1.29, 1.82) is 0 Å². The van der Waals surface area contributed by atoms with E-state index >= 15 is 0 Å². The summed E-state index contributed by atoms with van der Waals surface area (Å²) in [5, 5.41) is 0. The van der Waals surface area contributed by atoms with Crippen LogP contribution < -0.4 is 4.74 Å². The molecule has 0 spiro atoms. The molecule has 0 saturated heterocycles. The van der Waals surface area contributed by atoms with Crippen molar-refractivity contribution in [3.63, 3.8) is 0 Å². The number of hydrogen-bond acceptors (Lipinski definition) is 2. The largest absolute Gasteiger partial charge is 0.416 e. The van der Waals surface area contributed by atoms with Crippen LogP contribution in [-0.2, 0) is 6.18 Å². The molecule has 1 heterocycles. The zero-order valence-corrected chi connectivity index (χ0v) is 9.86. The maximum absolute atomic E-state index is 12.6. The summed E-state index contributed by atoms with van der Waals surface area (Å²) in [6, 6.07) is 7.10. The van der Waals surface area contributed by atoms with Crippen LogP contribution in [-0.4, -0.2) is 11.6 Å². The predicted octanol–water partition coefficient (Wildman–Crippen LogP) is 4.37. The van der Waals surface area contributed by atoms with E-state index in [9.17, 15) is 22.0 Å². The van der Waals surface area contributed by atoms with Crippen LogP contribution in [0, 0.1) is 0 Å². The third kappa shape index (κ3) is 3.23. The average Bonchev–Trinajstić information content (AvgIpc) is 2.38. The summed E-state index contributed by atoms with van der Waals surface area (Å²) < 4.78 is 66.6. The first-order valence-electron chi connectivity index (χ1n) is 5.45. The van der Waals surface area contributed by atoms with E-state index < -0.39 is 24.2 Å². The lowest BCUT2D eigenvalue weighted by Gasteiger charge is -2.11. The molecule has 2 nitrogen and oxygen atoms in total. The van der Waals surface area contributed by atoms with Gasteiger partial charge in [-0.1, -0.05) is 12.1 Å². The van der Waals surface area contributed by atoms with Gasteiger partial charge in [0.05, 0.1) is 5.56 Å². The molecule has 0 aliphatic heterocycles. The van der Waals surface area contributed by atoms with E-state index in [0.717, 1.165) is 12.1 Å². The Labute approximate surface area is 110 Å². The fourth-order valence-corrected chi connectivity index (χ4v) is 1.65. The molecule has 106 valence electrons. The SMILES string of the molecule is FC(F)Oc1ncccc1-c1cccc(C(F)(F)F)c1. The predicted molar refractivity (Wildman–Crippen MR) is 61.3 cm³/mol. The number of hydrogen-bond donors (Lipinski definition) is 0. The van der Waals surface area contributed by atoms with Gasteiger partial charge in [0.1, 0.15) is 0 Å². The normalized spacial score (nSPS) is 11.7. The van der Waals surface area contributed by atoms with Gasteiger partial charge in [-0.05, 0) is 29.8 Å². The molecule has 0 N–H and O–H groups in total. The van der Waals surface area contributed by atoms with Gasteiger partial charge in [-0.25, -0.2) is 4.98 Å². The van der Waals surface area contributed by atoms with Crippen LogP contribution in [0.1, 0.15) is 5.56 Å². The van der Waals surface area contributed by atoms with Crippen LogP contribution in [0.2, 0.25) is 0 Å². The third-order valence-electron chi connectivity index (χ3n) is 2.47. The minimum Gasteiger partial charge on any atom is -0.416 e. The first-order valence-corrected chi connectivity index (χ1v) is 5.45. The quantitative estimate of drug-likeness (QED) is 0.783. The lowest BCUT2D eigenvalue weighted by Crippen LogP contribution is -2.06. The second-order valence-electron chi connectivity index (χ2n) is 3.81. The molecule has 1 aromatic heterocycles. The number of ether oxygens (including phenoxy) is 1. The van der Waals surface area contributed by atoms with E-state index in [2.05, 4.69) is 9.72 Å². The third-order valence-corrected chi connectivity index (χ3v) is 2.47. The second-order valence-corrected chi connectivity index (χ2v) is 3.81. The van der Waals surface area contributed by atoms with Crippen LogP contribution in [0.4, 0.5) is 22.0 Å². The van der Waals surface area contributed by atoms with Gasteiger partial charge in [-0.3, -0.25) is 0 Å². The van der Waals surface area contributed by atoms with Crippen LogP contribution in [0.5, 0.6) is 5.88 Å². The molecule has 7 heteroatoms. The zero-order valence-electron chi connectivity index (χ0n) is 9.86. The lowest BCUT2D eigenvalue weighted by atomic mass is 10.0. The summed E-state index contributed by atoms with van der Waals surface area (Å²) in [5.41, 5.74) is -0.704. The fraction of sp³-hybridized carbons (Fsp3) is 0.154. The van der Waals surface area contributed by atoms with Gasteiger partial charge in [0.15, 0.2) is 0 Å². The smallest absolute Gasteiger partial charge is 0.416 e. The van der Waals surface area contributed by atoms with Gasteiger partial charge >= 0.3 is 12.8 Å². The van der Waals surface area contributed by atoms with Crippen molar-refractivity contribution in [2.24, 2.45) is 0 Å². The minimum atomic E-state index is -4.51. The topological polar surface area (TPSA) is 22.1 Å². The van der Waals surface area contributed by atoms with Gasteiger partial charge in [-0.15, -0.1) is 0 Å². The van der Waals surface area contributed by atoms with Crippen molar-refractivity contribution in [2.45, 2.75) is 12.8 Å². The van der Waals surface area contributed by atoms with Gasteiger partial charge < -0.3 is 4.74 Å². The highest BCUT2D eigenvalue weighted by atomic mass is 19.4. The molecule has 2 aromatic rings. The number of aromatic nitrogens is 1. The van der Waals surface area contributed by atoms with Crippen molar-refractivity contribution in [3.05, 3.63) is 48.2 Å². The molecule has 20 heavy (non-hydrogen) atoms. The standard InChI is InChI=1S/C13H8F5NO/c14-12(15)20-11-10(5-2-6-19-11)8-3-1-4-9(7-8)13(16,17)18/h1-7,12H. The van der Waals surface area contributed by atoms with Gasteiger partial charge in [0, 0.05) is 11.8 Å². The summed E-state index contributed by atoms with van der Waals surface area (Å²) in [4.78, 5) is 3.60. The average molecular weight is 289 g/mol. The molecule has 0 fully saturated rings. The van der Waals surface area contributed by atoms with Crippen LogP contribution in [0.25, 0.3) is 11.1 Å². The Morgan fingerprint density at radius 1 is 1.05 bits per heavy atom. The molecular formula is C13H8F5NO. The van der Waals surface area contributed by atoms with Crippen molar-refractivity contribution >= 4 is 0 Å². The second kappa shape index (κ2) is 5.44. The number of rotatable bonds is 3. The van der Waals surface area contributed by atoms with Crippen LogP contribution in [0.3, 0.4) is 0 Å². The highest BCUT2D eigenvalue weighted by molar-refractivity contribution is 5.69. The van der Waals surface area contributed by atoms with E-state index in [4.69, 9.17) is 0 Å². The minimum absolute atomic E-state index is 0.0684. The highest BCUT2D eigenvalue weighted by Crippen LogP contribution is 2.34. The van der Waals surface area contributed by atoms with E-state index in [1.165, 1.54) is 30.5 Å². The number of alkyl halides is 5. The Balaban J connectivity index is 2.47. The molecule has 2 rings (SSSR count). The number of pyridine rings is 1. The molecule has 1 aromatic carbocycles. The molecule has 0 amide bonds. The van der Waals surface area contributed by atoms with E-state index in [1.807, 2.05) is 0 Å². The van der Waals surface area contributed by atoms with Gasteiger partial charge in [0.25, 0.3) is 0 Å². The molecule has 0 atom stereocenters. The Kier molecular flexibility index (Phi) is 3.87. The summed E-state index contributed by atoms with van der Waals surface area (Å²) >= 11 is 0. The van der Waals surface area contributed by atoms with Gasteiger partial charge in [-0.2, -0.15) is 22.0 Å². The fourth-order valence-electron chi connectivity index (χ4n) is 1.65. The van der Waals surface area contributed by atoms with Crippen molar-refractivity contribution < 1.29 is 26.7 Å². The number of benzene rings is 1. The summed E-state index contributed by atoms with van der Waals surface area (Å²) in [6.07, 6.45) is -3.29. The summed E-state index contributed by atoms with van der Waals surface area (Å²) in [6.45, 7) is -3.10. The summed E-state index contributed by atoms with van der Waals surface area (Å²) in [7, 11) is 0.